The lowest BCUT2D eigenvalue weighted by Gasteiger charge is -2.39. The monoisotopic (exact) mass is 260 g/mol. The van der Waals surface area contributed by atoms with Gasteiger partial charge in [0, 0.05) is 19.5 Å². The van der Waals surface area contributed by atoms with E-state index in [-0.39, 0.29) is 29.8 Å². The van der Waals surface area contributed by atoms with Crippen molar-refractivity contribution in [3.05, 3.63) is 0 Å². The van der Waals surface area contributed by atoms with E-state index in [1.807, 2.05) is 11.8 Å². The fourth-order valence-corrected chi connectivity index (χ4v) is 2.67. The first-order valence-corrected chi connectivity index (χ1v) is 6.76. The lowest BCUT2D eigenvalue weighted by Crippen LogP contribution is -2.54. The van der Waals surface area contributed by atoms with Crippen LogP contribution in [0, 0.1) is 0 Å². The SMILES string of the molecule is CCN(C(C)=O)[C@H]1CCCC[C@H]1NC(=O)CCl. The molecule has 1 saturated carbocycles. The third kappa shape index (κ3) is 3.87. The summed E-state index contributed by atoms with van der Waals surface area (Å²) in [6.07, 6.45) is 4.10. The molecular formula is C12H21ClN2O2. The van der Waals surface area contributed by atoms with Gasteiger partial charge in [-0.3, -0.25) is 9.59 Å². The molecule has 4 nitrogen and oxygen atoms in total. The number of rotatable bonds is 4. The van der Waals surface area contributed by atoms with Gasteiger partial charge in [0.25, 0.3) is 0 Å². The van der Waals surface area contributed by atoms with Crippen LogP contribution in [0.1, 0.15) is 39.5 Å². The smallest absolute Gasteiger partial charge is 0.235 e. The minimum atomic E-state index is -0.150. The van der Waals surface area contributed by atoms with Gasteiger partial charge in [0.1, 0.15) is 5.88 Å². The molecule has 17 heavy (non-hydrogen) atoms. The molecule has 2 atom stereocenters. The van der Waals surface area contributed by atoms with Crippen LogP contribution in [-0.2, 0) is 9.59 Å². The maximum Gasteiger partial charge on any atom is 0.235 e. The second kappa shape index (κ2) is 6.84. The molecule has 0 saturated heterocycles. The number of likely N-dealkylation sites (N-methyl/N-ethyl adjacent to an activating group) is 1. The van der Waals surface area contributed by atoms with Gasteiger partial charge in [-0.15, -0.1) is 11.6 Å². The number of nitrogens with one attached hydrogen (secondary N) is 1. The summed E-state index contributed by atoms with van der Waals surface area (Å²) in [4.78, 5) is 24.8. The minimum absolute atomic E-state index is 0.0184. The van der Waals surface area contributed by atoms with Crippen molar-refractivity contribution >= 4 is 23.4 Å². The molecule has 0 radical (unpaired) electrons. The van der Waals surface area contributed by atoms with E-state index in [0.29, 0.717) is 6.54 Å². The van der Waals surface area contributed by atoms with E-state index >= 15 is 0 Å². The standard InChI is InChI=1S/C12H21ClN2O2/c1-3-15(9(2)16)11-7-5-4-6-10(11)14-12(17)8-13/h10-11H,3-8H2,1-2H3,(H,14,17)/t10-,11+/m1/s1. The maximum absolute atomic E-state index is 11.6. The second-order valence-electron chi connectivity index (χ2n) is 4.46. The molecule has 98 valence electrons. The maximum atomic E-state index is 11.6. The van der Waals surface area contributed by atoms with Crippen molar-refractivity contribution in [3.63, 3.8) is 0 Å². The van der Waals surface area contributed by atoms with Crippen LogP contribution in [0.3, 0.4) is 0 Å². The Labute approximate surface area is 108 Å². The van der Waals surface area contributed by atoms with E-state index in [4.69, 9.17) is 11.6 Å². The lowest BCUT2D eigenvalue weighted by atomic mass is 9.89. The Morgan fingerprint density at radius 3 is 2.53 bits per heavy atom. The van der Waals surface area contributed by atoms with Crippen LogP contribution in [0.25, 0.3) is 0 Å². The van der Waals surface area contributed by atoms with Crippen molar-refractivity contribution in [2.75, 3.05) is 12.4 Å². The van der Waals surface area contributed by atoms with Crippen LogP contribution in [-0.4, -0.2) is 41.2 Å². The van der Waals surface area contributed by atoms with Gasteiger partial charge in [0.2, 0.25) is 11.8 Å². The first-order chi connectivity index (χ1) is 8.10. The van der Waals surface area contributed by atoms with Crippen molar-refractivity contribution < 1.29 is 9.59 Å². The predicted molar refractivity (Wildman–Crippen MR) is 68.0 cm³/mol. The zero-order valence-corrected chi connectivity index (χ0v) is 11.3. The quantitative estimate of drug-likeness (QED) is 0.780. The number of carbonyl (C=O) groups is 2. The van der Waals surface area contributed by atoms with Crippen molar-refractivity contribution in [1.82, 2.24) is 10.2 Å². The summed E-state index contributed by atoms with van der Waals surface area (Å²) < 4.78 is 0. The van der Waals surface area contributed by atoms with Crippen LogP contribution >= 0.6 is 11.6 Å². The number of hydrogen-bond donors (Lipinski definition) is 1. The fourth-order valence-electron chi connectivity index (χ4n) is 2.59. The number of halogens is 1. The second-order valence-corrected chi connectivity index (χ2v) is 4.73. The summed E-state index contributed by atoms with van der Waals surface area (Å²) in [5.74, 6) is -0.0946. The molecule has 0 spiro atoms. The summed E-state index contributed by atoms with van der Waals surface area (Å²) in [7, 11) is 0. The van der Waals surface area contributed by atoms with Gasteiger partial charge in [-0.25, -0.2) is 0 Å². The van der Waals surface area contributed by atoms with Gasteiger partial charge in [-0.2, -0.15) is 0 Å². The normalized spacial score (nSPS) is 24.2. The van der Waals surface area contributed by atoms with Crippen molar-refractivity contribution in [2.24, 2.45) is 0 Å². The highest BCUT2D eigenvalue weighted by Gasteiger charge is 2.31. The Balaban J connectivity index is 2.70. The number of nitrogens with zero attached hydrogens (tertiary/aromatic N) is 1. The molecule has 0 bridgehead atoms. The predicted octanol–water partition coefficient (Wildman–Crippen LogP) is 1.52. The van der Waals surface area contributed by atoms with Crippen LogP contribution < -0.4 is 5.32 Å². The number of amides is 2. The molecule has 1 rings (SSSR count). The summed E-state index contributed by atoms with van der Waals surface area (Å²) in [5.41, 5.74) is 0. The molecule has 0 aromatic heterocycles. The van der Waals surface area contributed by atoms with Crippen molar-refractivity contribution in [3.8, 4) is 0 Å². The topological polar surface area (TPSA) is 49.4 Å². The van der Waals surface area contributed by atoms with Gasteiger partial charge in [0.05, 0.1) is 6.04 Å². The highest BCUT2D eigenvalue weighted by molar-refractivity contribution is 6.27. The van der Waals surface area contributed by atoms with Gasteiger partial charge in [-0.1, -0.05) is 12.8 Å². The van der Waals surface area contributed by atoms with Crippen LogP contribution in [0.15, 0.2) is 0 Å². The number of carbonyl (C=O) groups excluding carboxylic acids is 2. The summed E-state index contributed by atoms with van der Waals surface area (Å²) in [6.45, 7) is 4.24. The zero-order chi connectivity index (χ0) is 12.8. The Bertz CT molecular complexity index is 284. The van der Waals surface area contributed by atoms with Gasteiger partial charge in [-0.05, 0) is 19.8 Å². The first kappa shape index (κ1) is 14.3. The van der Waals surface area contributed by atoms with Crippen LogP contribution in [0.4, 0.5) is 0 Å². The largest absolute Gasteiger partial charge is 0.350 e. The average molecular weight is 261 g/mol. The van der Waals surface area contributed by atoms with Gasteiger partial charge < -0.3 is 10.2 Å². The highest BCUT2D eigenvalue weighted by Crippen LogP contribution is 2.23. The van der Waals surface area contributed by atoms with Gasteiger partial charge in [0.15, 0.2) is 0 Å². The number of alkyl halides is 1. The summed E-state index contributed by atoms with van der Waals surface area (Å²) in [5, 5.41) is 2.92. The molecule has 1 N–H and O–H groups in total. The van der Waals surface area contributed by atoms with E-state index in [1.165, 1.54) is 0 Å². The van der Waals surface area contributed by atoms with Crippen LogP contribution in [0.2, 0.25) is 0 Å². The average Bonchev–Trinajstić information content (AvgIpc) is 2.31. The third-order valence-corrected chi connectivity index (χ3v) is 3.59. The molecule has 0 unspecified atom stereocenters. The molecule has 0 heterocycles. The molecule has 1 aliphatic carbocycles. The van der Waals surface area contributed by atoms with Crippen molar-refractivity contribution in [1.29, 1.82) is 0 Å². The van der Waals surface area contributed by atoms with Crippen molar-refractivity contribution in [2.45, 2.75) is 51.6 Å². The highest BCUT2D eigenvalue weighted by atomic mass is 35.5. The van der Waals surface area contributed by atoms with E-state index in [0.717, 1.165) is 25.7 Å². The third-order valence-electron chi connectivity index (χ3n) is 3.34. The first-order valence-electron chi connectivity index (χ1n) is 6.22. The summed E-state index contributed by atoms with van der Waals surface area (Å²) >= 11 is 5.50. The molecule has 1 fully saturated rings. The van der Waals surface area contributed by atoms with Crippen LogP contribution in [0.5, 0.6) is 0 Å². The molecule has 5 heteroatoms. The lowest BCUT2D eigenvalue weighted by molar-refractivity contribution is -0.133. The Kier molecular flexibility index (Phi) is 5.75. The fraction of sp³-hybridized carbons (Fsp3) is 0.833. The Morgan fingerprint density at radius 2 is 2.00 bits per heavy atom. The van der Waals surface area contributed by atoms with E-state index < -0.39 is 0 Å². The molecule has 0 aromatic rings. The van der Waals surface area contributed by atoms with E-state index in [9.17, 15) is 9.59 Å². The van der Waals surface area contributed by atoms with E-state index in [1.54, 1.807) is 6.92 Å². The molecule has 1 aliphatic rings. The molecular weight excluding hydrogens is 240 g/mol. The molecule has 0 aromatic carbocycles. The molecule has 0 aliphatic heterocycles. The number of hydrogen-bond acceptors (Lipinski definition) is 2. The van der Waals surface area contributed by atoms with E-state index in [2.05, 4.69) is 5.32 Å². The molecule has 2 amide bonds. The Morgan fingerprint density at radius 1 is 1.35 bits per heavy atom. The summed E-state index contributed by atoms with van der Waals surface area (Å²) in [6, 6.07) is 0.178. The zero-order valence-electron chi connectivity index (χ0n) is 10.5. The minimum Gasteiger partial charge on any atom is -0.350 e. The van der Waals surface area contributed by atoms with Gasteiger partial charge >= 0.3 is 0 Å². The Hall–Kier alpha value is -0.770.